The van der Waals surface area contributed by atoms with Crippen molar-refractivity contribution >= 4 is 41.5 Å². The fraction of sp³-hybridized carbons (Fsp3) is 0.368. The Morgan fingerprint density at radius 2 is 2.10 bits per heavy atom. The van der Waals surface area contributed by atoms with E-state index in [-0.39, 0.29) is 23.7 Å². The number of benzene rings is 1. The number of carbonyl (C=O) groups excluding carboxylic acids is 2. The van der Waals surface area contributed by atoms with E-state index >= 15 is 0 Å². The van der Waals surface area contributed by atoms with E-state index in [1.165, 1.54) is 54.1 Å². The van der Waals surface area contributed by atoms with E-state index in [4.69, 9.17) is 4.74 Å². The number of amides is 1. The molecule has 3 rings (SSSR count). The molecule has 2 atom stereocenters. The Hall–Kier alpha value is -3.21. The van der Waals surface area contributed by atoms with E-state index in [1.807, 2.05) is 0 Å². The number of hydrogen-bond donors (Lipinski definition) is 1. The van der Waals surface area contributed by atoms with Crippen molar-refractivity contribution in [3.63, 3.8) is 0 Å². The summed E-state index contributed by atoms with van der Waals surface area (Å²) in [4.78, 5) is 51.8. The lowest BCUT2D eigenvalue weighted by atomic mass is 9.84. The van der Waals surface area contributed by atoms with Gasteiger partial charge in [-0.1, -0.05) is 6.92 Å². The molecule has 2 aliphatic heterocycles. The van der Waals surface area contributed by atoms with Crippen LogP contribution >= 0.6 is 11.8 Å². The number of nitro groups is 1. The number of thioether (sulfide) groups is 1. The zero-order valence-electron chi connectivity index (χ0n) is 16.2. The summed E-state index contributed by atoms with van der Waals surface area (Å²) < 4.78 is 4.93. The molecule has 0 spiro atoms. The van der Waals surface area contributed by atoms with Gasteiger partial charge in [-0.25, -0.2) is 4.79 Å². The molecule has 2 heterocycles. The van der Waals surface area contributed by atoms with Crippen LogP contribution in [0.15, 0.2) is 40.5 Å². The van der Waals surface area contributed by atoms with Gasteiger partial charge in [-0.2, -0.15) is 0 Å². The molecule has 0 radical (unpaired) electrons. The minimum atomic E-state index is -1.26. The van der Waals surface area contributed by atoms with Crippen LogP contribution in [0.4, 0.5) is 5.69 Å². The molecular weight excluding hydrogens is 414 g/mol. The van der Waals surface area contributed by atoms with Crippen LogP contribution in [0, 0.1) is 10.1 Å². The molecule has 0 unspecified atom stereocenters. The van der Waals surface area contributed by atoms with Crippen molar-refractivity contribution in [2.24, 2.45) is 4.99 Å². The van der Waals surface area contributed by atoms with Crippen molar-refractivity contribution < 1.29 is 29.2 Å². The third-order valence-electron chi connectivity index (χ3n) is 4.96. The first kappa shape index (κ1) is 21.5. The van der Waals surface area contributed by atoms with Gasteiger partial charge in [0.25, 0.3) is 11.6 Å². The van der Waals surface area contributed by atoms with Gasteiger partial charge in [0.2, 0.25) is 0 Å². The maximum Gasteiger partial charge on any atom is 0.352 e. The van der Waals surface area contributed by atoms with Crippen molar-refractivity contribution in [1.29, 1.82) is 0 Å². The highest BCUT2D eigenvalue weighted by atomic mass is 32.2. The van der Waals surface area contributed by atoms with Crippen LogP contribution in [0.3, 0.4) is 0 Å². The number of β-lactam (4-membered cyclic amide) rings is 1. The largest absolute Gasteiger partial charge is 0.477 e. The summed E-state index contributed by atoms with van der Waals surface area (Å²) in [5.74, 6) is -1.96. The lowest BCUT2D eigenvalue weighted by molar-refractivity contribution is -0.384. The van der Waals surface area contributed by atoms with Crippen LogP contribution in [0.5, 0.6) is 0 Å². The molecule has 1 saturated heterocycles. The molecule has 10 nitrogen and oxygen atoms in total. The molecule has 30 heavy (non-hydrogen) atoms. The van der Waals surface area contributed by atoms with Crippen LogP contribution < -0.4 is 0 Å². The minimum Gasteiger partial charge on any atom is -0.477 e. The summed E-state index contributed by atoms with van der Waals surface area (Å²) in [5, 5.41) is 19.9. The Labute approximate surface area is 175 Å². The molecule has 2 aliphatic rings. The fourth-order valence-electron chi connectivity index (χ4n) is 3.38. The Balaban J connectivity index is 1.87. The topological polar surface area (TPSA) is 139 Å². The summed E-state index contributed by atoms with van der Waals surface area (Å²) in [5.41, 5.74) is -0.399. The normalized spacial score (nSPS) is 23.2. The van der Waals surface area contributed by atoms with Crippen molar-refractivity contribution in [3.05, 3.63) is 51.2 Å². The highest BCUT2D eigenvalue weighted by molar-refractivity contribution is 8.00. The summed E-state index contributed by atoms with van der Waals surface area (Å²) in [6.07, 6.45) is 1.83. The van der Waals surface area contributed by atoms with Gasteiger partial charge in [0.05, 0.1) is 4.92 Å². The van der Waals surface area contributed by atoms with E-state index in [1.54, 1.807) is 6.92 Å². The number of carboxylic acids is 1. The number of aliphatic carboxylic acids is 1. The van der Waals surface area contributed by atoms with Crippen LogP contribution in [0.1, 0.15) is 25.8 Å². The van der Waals surface area contributed by atoms with Gasteiger partial charge in [-0.15, -0.1) is 11.8 Å². The second-order valence-electron chi connectivity index (χ2n) is 6.76. The number of hydrogen-bond acceptors (Lipinski definition) is 8. The third-order valence-corrected chi connectivity index (χ3v) is 6.39. The average molecular weight is 433 g/mol. The molecule has 0 bridgehead atoms. The van der Waals surface area contributed by atoms with Crippen LogP contribution in [0.2, 0.25) is 0 Å². The zero-order valence-corrected chi connectivity index (χ0v) is 17.0. The Bertz CT molecular complexity index is 973. The van der Waals surface area contributed by atoms with Crippen LogP contribution in [0.25, 0.3) is 0 Å². The first-order valence-corrected chi connectivity index (χ1v) is 10.1. The SMILES string of the molecule is CC[C@@]1(N=Cc2ccc([N+](=O)[O-])cc2)C(=O)N2C(C(=O)O)=C(COC(C)=O)CS[C@@H]21. The molecule has 0 saturated carbocycles. The summed E-state index contributed by atoms with van der Waals surface area (Å²) in [6.45, 7) is 2.83. The molecule has 0 aromatic heterocycles. The molecule has 1 fully saturated rings. The standard InChI is InChI=1S/C19H19N3O7S/c1-3-19(20-8-12-4-6-14(7-5-12)22(27)28)17(26)21-15(16(24)25)13(9-29-11(2)23)10-30-18(19)21/h4-8,18H,3,9-10H2,1-2H3,(H,24,25)/t18-,19-/m1/s1. The van der Waals surface area contributed by atoms with E-state index in [9.17, 15) is 29.6 Å². The van der Waals surface area contributed by atoms with Gasteiger partial charge in [0, 0.05) is 36.6 Å². The fourth-order valence-corrected chi connectivity index (χ4v) is 4.91. The van der Waals surface area contributed by atoms with Crippen LogP contribution in [-0.2, 0) is 19.1 Å². The number of fused-ring (bicyclic) bond motifs is 1. The van der Waals surface area contributed by atoms with Gasteiger partial charge in [-0.3, -0.25) is 29.6 Å². The number of carbonyl (C=O) groups is 3. The molecule has 158 valence electrons. The lowest BCUT2D eigenvalue weighted by Crippen LogP contribution is -2.72. The predicted molar refractivity (Wildman–Crippen MR) is 108 cm³/mol. The second kappa shape index (κ2) is 8.27. The second-order valence-corrected chi connectivity index (χ2v) is 7.83. The van der Waals surface area contributed by atoms with Gasteiger partial charge in [0.15, 0.2) is 5.54 Å². The number of nitrogens with zero attached hydrogens (tertiary/aromatic N) is 3. The quantitative estimate of drug-likeness (QED) is 0.226. The minimum absolute atomic E-state index is 0.0531. The zero-order chi connectivity index (χ0) is 22.1. The van der Waals surface area contributed by atoms with E-state index in [0.717, 1.165) is 0 Å². The first-order valence-electron chi connectivity index (χ1n) is 9.05. The van der Waals surface area contributed by atoms with Gasteiger partial charge >= 0.3 is 11.9 Å². The molecule has 0 aliphatic carbocycles. The molecular formula is C19H19N3O7S. The maximum absolute atomic E-state index is 13.0. The highest BCUT2D eigenvalue weighted by Crippen LogP contribution is 2.49. The number of nitro benzene ring substituents is 1. The smallest absolute Gasteiger partial charge is 0.352 e. The number of aliphatic imine (C=N–C) groups is 1. The number of non-ortho nitro benzene ring substituents is 1. The number of rotatable bonds is 7. The first-order chi connectivity index (χ1) is 14.2. The predicted octanol–water partition coefficient (Wildman–Crippen LogP) is 1.98. The summed E-state index contributed by atoms with van der Waals surface area (Å²) in [6, 6.07) is 5.74. The van der Waals surface area contributed by atoms with Gasteiger partial charge in [0.1, 0.15) is 17.7 Å². The Kier molecular flexibility index (Phi) is 5.92. The molecule has 11 heteroatoms. The van der Waals surface area contributed by atoms with Crippen molar-refractivity contribution in [3.8, 4) is 0 Å². The van der Waals surface area contributed by atoms with Crippen molar-refractivity contribution in [2.45, 2.75) is 31.2 Å². The van der Waals surface area contributed by atoms with Gasteiger partial charge in [-0.05, 0) is 24.1 Å². The van der Waals surface area contributed by atoms with E-state index in [0.29, 0.717) is 17.6 Å². The number of carboxylic acid groups (broad SMARTS) is 1. The third kappa shape index (κ3) is 3.67. The van der Waals surface area contributed by atoms with E-state index in [2.05, 4.69) is 4.99 Å². The highest BCUT2D eigenvalue weighted by Gasteiger charge is 2.63. The Morgan fingerprint density at radius 3 is 2.63 bits per heavy atom. The molecule has 1 aromatic rings. The van der Waals surface area contributed by atoms with Crippen molar-refractivity contribution in [2.75, 3.05) is 12.4 Å². The monoisotopic (exact) mass is 433 g/mol. The molecule has 1 N–H and O–H groups in total. The number of esters is 1. The summed E-state index contributed by atoms with van der Waals surface area (Å²) >= 11 is 1.36. The average Bonchev–Trinajstić information content (AvgIpc) is 2.72. The summed E-state index contributed by atoms with van der Waals surface area (Å²) in [7, 11) is 0. The molecule has 1 aromatic carbocycles. The lowest BCUT2D eigenvalue weighted by Gasteiger charge is -2.55. The maximum atomic E-state index is 13.0. The Morgan fingerprint density at radius 1 is 1.43 bits per heavy atom. The van der Waals surface area contributed by atoms with Crippen LogP contribution in [-0.4, -0.2) is 62.3 Å². The van der Waals surface area contributed by atoms with E-state index < -0.39 is 33.7 Å². The van der Waals surface area contributed by atoms with Crippen molar-refractivity contribution in [1.82, 2.24) is 4.90 Å². The number of ether oxygens (including phenoxy) is 1. The van der Waals surface area contributed by atoms with Gasteiger partial charge < -0.3 is 9.84 Å². The molecule has 1 amide bonds.